The molecule has 1 heterocycles. The van der Waals surface area contributed by atoms with E-state index < -0.39 is 5.92 Å². The third kappa shape index (κ3) is 1.45. The van der Waals surface area contributed by atoms with Gasteiger partial charge >= 0.3 is 0 Å². The molecule has 0 saturated heterocycles. The highest BCUT2D eigenvalue weighted by Crippen LogP contribution is 2.27. The largest absolute Gasteiger partial charge is 0.342 e. The summed E-state index contributed by atoms with van der Waals surface area (Å²) in [5.41, 5.74) is 0.119. The van der Waals surface area contributed by atoms with Crippen LogP contribution < -0.4 is 0 Å². The van der Waals surface area contributed by atoms with E-state index in [2.05, 4.69) is 0 Å². The monoisotopic (exact) mass is 170 g/mol. The van der Waals surface area contributed by atoms with Crippen molar-refractivity contribution >= 4 is 0 Å². The van der Waals surface area contributed by atoms with Crippen LogP contribution in [0, 0.1) is 11.3 Å². The Balaban J connectivity index is 3.16. The quantitative estimate of drug-likeness (QED) is 0.633. The Bertz CT molecular complexity index is 328. The highest BCUT2D eigenvalue weighted by molar-refractivity contribution is 5.30. The Morgan fingerprint density at radius 1 is 1.58 bits per heavy atom. The summed E-state index contributed by atoms with van der Waals surface area (Å²) in [5.74, 6) is -2.87. The van der Waals surface area contributed by atoms with Crippen molar-refractivity contribution in [1.29, 1.82) is 5.26 Å². The maximum Gasteiger partial charge on any atom is 0.272 e. The minimum Gasteiger partial charge on any atom is -0.342 e. The molecule has 0 aliphatic heterocycles. The Kier molecular flexibility index (Phi) is 1.89. The number of aromatic nitrogens is 1. The summed E-state index contributed by atoms with van der Waals surface area (Å²) in [6.07, 6.45) is 1.26. The van der Waals surface area contributed by atoms with E-state index in [1.807, 2.05) is 6.07 Å². The van der Waals surface area contributed by atoms with Gasteiger partial charge < -0.3 is 4.57 Å². The average molecular weight is 170 g/mol. The number of nitriles is 1. The molecule has 2 nitrogen and oxygen atoms in total. The van der Waals surface area contributed by atoms with Crippen molar-refractivity contribution in [2.24, 2.45) is 7.05 Å². The number of nitrogens with zero attached hydrogens (tertiary/aromatic N) is 2. The molecular weight excluding hydrogens is 162 g/mol. The van der Waals surface area contributed by atoms with Gasteiger partial charge in [-0.2, -0.15) is 5.26 Å². The van der Waals surface area contributed by atoms with Crippen LogP contribution in [-0.2, 0) is 13.0 Å². The van der Waals surface area contributed by atoms with Gasteiger partial charge in [0.2, 0.25) is 0 Å². The van der Waals surface area contributed by atoms with Gasteiger partial charge in [-0.05, 0) is 6.07 Å². The summed E-state index contributed by atoms with van der Waals surface area (Å²) in [5, 5.41) is 8.48. The first-order chi connectivity index (χ1) is 5.45. The predicted molar refractivity (Wildman–Crippen MR) is 39.7 cm³/mol. The maximum absolute atomic E-state index is 12.7. The topological polar surface area (TPSA) is 28.7 Å². The van der Waals surface area contributed by atoms with Crippen LogP contribution in [0.3, 0.4) is 0 Å². The molecule has 0 unspecified atom stereocenters. The third-order valence-electron chi connectivity index (χ3n) is 1.63. The zero-order chi connectivity index (χ0) is 9.35. The molecule has 1 rings (SSSR count). The molecule has 0 fully saturated rings. The fraction of sp³-hybridized carbons (Fsp3) is 0.375. The van der Waals surface area contributed by atoms with Crippen LogP contribution in [0.5, 0.6) is 0 Å². The molecule has 1 aromatic heterocycles. The van der Waals surface area contributed by atoms with Crippen molar-refractivity contribution in [2.75, 3.05) is 0 Å². The van der Waals surface area contributed by atoms with Gasteiger partial charge in [0.05, 0.1) is 0 Å². The van der Waals surface area contributed by atoms with Crippen LogP contribution in [0.4, 0.5) is 8.78 Å². The SMILES string of the molecule is Cn1cc(C(C)(F)F)cc1C#N. The summed E-state index contributed by atoms with van der Waals surface area (Å²) in [4.78, 5) is 0. The lowest BCUT2D eigenvalue weighted by Crippen LogP contribution is -2.04. The second kappa shape index (κ2) is 2.59. The van der Waals surface area contributed by atoms with Gasteiger partial charge in [-0.3, -0.25) is 0 Å². The van der Waals surface area contributed by atoms with Crippen molar-refractivity contribution in [1.82, 2.24) is 4.57 Å². The summed E-state index contributed by atoms with van der Waals surface area (Å²) in [6.45, 7) is 0.809. The van der Waals surface area contributed by atoms with Crippen LogP contribution >= 0.6 is 0 Å². The lowest BCUT2D eigenvalue weighted by Gasteiger charge is -2.05. The molecule has 0 N–H and O–H groups in total. The van der Waals surface area contributed by atoms with Gasteiger partial charge in [-0.15, -0.1) is 0 Å². The Morgan fingerprint density at radius 3 is 2.42 bits per heavy atom. The normalized spacial score (nSPS) is 11.2. The first-order valence-electron chi connectivity index (χ1n) is 3.40. The maximum atomic E-state index is 12.7. The van der Waals surface area contributed by atoms with Crippen LogP contribution in [-0.4, -0.2) is 4.57 Å². The van der Waals surface area contributed by atoms with Crippen LogP contribution in [0.2, 0.25) is 0 Å². The molecule has 0 spiro atoms. The molecule has 0 bridgehead atoms. The number of hydrogen-bond acceptors (Lipinski definition) is 1. The van der Waals surface area contributed by atoms with Gasteiger partial charge in [-0.25, -0.2) is 8.78 Å². The average Bonchev–Trinajstić information content (AvgIpc) is 2.29. The minimum atomic E-state index is -2.87. The predicted octanol–water partition coefficient (Wildman–Crippen LogP) is 2.01. The molecule has 12 heavy (non-hydrogen) atoms. The number of halogens is 2. The van der Waals surface area contributed by atoms with Crippen LogP contribution in [0.15, 0.2) is 12.3 Å². The molecular formula is C8H8F2N2. The molecule has 0 aliphatic rings. The third-order valence-corrected chi connectivity index (χ3v) is 1.63. The molecule has 1 aromatic rings. The van der Waals surface area contributed by atoms with Gasteiger partial charge in [0.15, 0.2) is 0 Å². The van der Waals surface area contributed by atoms with E-state index in [0.717, 1.165) is 6.92 Å². The zero-order valence-corrected chi connectivity index (χ0v) is 6.81. The fourth-order valence-electron chi connectivity index (χ4n) is 0.916. The van der Waals surface area contributed by atoms with Crippen molar-refractivity contribution in [2.45, 2.75) is 12.8 Å². The lowest BCUT2D eigenvalue weighted by atomic mass is 10.2. The first kappa shape index (κ1) is 8.72. The standard InChI is InChI=1S/C8H8F2N2/c1-8(9,10)6-3-7(4-11)12(2)5-6/h3,5H,1-2H3. The molecule has 4 heteroatoms. The number of rotatable bonds is 1. The molecule has 0 saturated carbocycles. The summed E-state index contributed by atoms with van der Waals surface area (Å²) >= 11 is 0. The highest BCUT2D eigenvalue weighted by atomic mass is 19.3. The number of aryl methyl sites for hydroxylation is 1. The van der Waals surface area contributed by atoms with Gasteiger partial charge in [-0.1, -0.05) is 0 Å². The van der Waals surface area contributed by atoms with E-state index in [4.69, 9.17) is 5.26 Å². The van der Waals surface area contributed by atoms with E-state index in [9.17, 15) is 8.78 Å². The summed E-state index contributed by atoms with van der Waals surface area (Å²) in [7, 11) is 1.56. The second-order valence-corrected chi connectivity index (χ2v) is 2.73. The van der Waals surface area contributed by atoms with Crippen molar-refractivity contribution in [3.63, 3.8) is 0 Å². The summed E-state index contributed by atoms with van der Waals surface area (Å²) < 4.78 is 26.7. The van der Waals surface area contributed by atoms with E-state index in [1.54, 1.807) is 7.05 Å². The van der Waals surface area contributed by atoms with Crippen molar-refractivity contribution < 1.29 is 8.78 Å². The smallest absolute Gasteiger partial charge is 0.272 e. The Morgan fingerprint density at radius 2 is 2.17 bits per heavy atom. The fourth-order valence-corrected chi connectivity index (χ4v) is 0.916. The lowest BCUT2D eigenvalue weighted by molar-refractivity contribution is 0.0175. The second-order valence-electron chi connectivity index (χ2n) is 2.73. The van der Waals surface area contributed by atoms with E-state index in [1.165, 1.54) is 16.8 Å². The van der Waals surface area contributed by atoms with Crippen molar-refractivity contribution in [3.8, 4) is 6.07 Å². The molecule has 0 atom stereocenters. The Hall–Kier alpha value is -1.37. The first-order valence-corrected chi connectivity index (χ1v) is 3.40. The molecule has 0 aromatic carbocycles. The van der Waals surface area contributed by atoms with E-state index in [0.29, 0.717) is 0 Å². The molecule has 0 aliphatic carbocycles. The molecule has 0 radical (unpaired) electrons. The number of alkyl halides is 2. The van der Waals surface area contributed by atoms with Gasteiger partial charge in [0, 0.05) is 25.7 Å². The van der Waals surface area contributed by atoms with Gasteiger partial charge in [0.25, 0.3) is 5.92 Å². The minimum absolute atomic E-state index is 0.124. The highest BCUT2D eigenvalue weighted by Gasteiger charge is 2.26. The van der Waals surface area contributed by atoms with Gasteiger partial charge in [0.1, 0.15) is 11.8 Å². The van der Waals surface area contributed by atoms with Crippen molar-refractivity contribution in [3.05, 3.63) is 23.5 Å². The number of hydrogen-bond donors (Lipinski definition) is 0. The molecule has 0 amide bonds. The van der Waals surface area contributed by atoms with E-state index >= 15 is 0 Å². The van der Waals surface area contributed by atoms with E-state index in [-0.39, 0.29) is 11.3 Å². The van der Waals surface area contributed by atoms with Crippen LogP contribution in [0.25, 0.3) is 0 Å². The molecule has 64 valence electrons. The zero-order valence-electron chi connectivity index (χ0n) is 6.81. The Labute approximate surface area is 69.0 Å². The summed E-state index contributed by atoms with van der Waals surface area (Å²) in [6, 6.07) is 3.01. The van der Waals surface area contributed by atoms with Crippen LogP contribution in [0.1, 0.15) is 18.2 Å².